The highest BCUT2D eigenvalue weighted by Crippen LogP contribution is 2.24. The van der Waals surface area contributed by atoms with Gasteiger partial charge in [-0.05, 0) is 32.9 Å². The van der Waals surface area contributed by atoms with Crippen LogP contribution in [0.15, 0.2) is 29.4 Å². The van der Waals surface area contributed by atoms with E-state index in [2.05, 4.69) is 10.3 Å². The summed E-state index contributed by atoms with van der Waals surface area (Å²) in [6, 6.07) is 7.41. The number of oxime groups is 1. The Morgan fingerprint density at radius 1 is 1.43 bits per heavy atom. The van der Waals surface area contributed by atoms with Crippen molar-refractivity contribution in [3.63, 3.8) is 0 Å². The first-order valence-electron chi connectivity index (χ1n) is 6.71. The number of benzene rings is 1. The molecule has 0 unspecified atom stereocenters. The summed E-state index contributed by atoms with van der Waals surface area (Å²) in [5.74, 6) is 0.644. The SMILES string of the molecule is CCn1nc(C)c(Cl)c1COc1ccccc1C(C)=NO. The number of para-hydroxylation sites is 1. The van der Waals surface area contributed by atoms with Crippen LogP contribution in [0.5, 0.6) is 5.75 Å². The van der Waals surface area contributed by atoms with Crippen molar-refractivity contribution < 1.29 is 9.94 Å². The van der Waals surface area contributed by atoms with Gasteiger partial charge >= 0.3 is 0 Å². The molecule has 1 aromatic heterocycles. The Morgan fingerprint density at radius 2 is 2.14 bits per heavy atom. The van der Waals surface area contributed by atoms with Gasteiger partial charge in [0.2, 0.25) is 0 Å². The smallest absolute Gasteiger partial charge is 0.131 e. The standard InChI is InChI=1S/C15H18ClN3O2/c1-4-19-13(15(16)11(3)17-19)9-21-14-8-6-5-7-12(14)10(2)18-20/h5-8,20H,4,9H2,1-3H3. The molecule has 0 fully saturated rings. The van der Waals surface area contributed by atoms with E-state index in [1.807, 2.05) is 42.8 Å². The molecule has 2 aromatic rings. The van der Waals surface area contributed by atoms with Crippen LogP contribution in [0, 0.1) is 6.92 Å². The number of aryl methyl sites for hydroxylation is 2. The number of nitrogens with zero attached hydrogens (tertiary/aromatic N) is 3. The molecular weight excluding hydrogens is 290 g/mol. The van der Waals surface area contributed by atoms with Gasteiger partial charge in [-0.2, -0.15) is 5.10 Å². The lowest BCUT2D eigenvalue weighted by Gasteiger charge is -2.11. The van der Waals surface area contributed by atoms with Gasteiger partial charge in [-0.1, -0.05) is 28.9 Å². The maximum absolute atomic E-state index is 8.92. The first kappa shape index (κ1) is 15.4. The first-order valence-corrected chi connectivity index (χ1v) is 7.08. The molecule has 6 heteroatoms. The average molecular weight is 308 g/mol. The Kier molecular flexibility index (Phi) is 4.85. The van der Waals surface area contributed by atoms with E-state index in [1.54, 1.807) is 6.92 Å². The summed E-state index contributed by atoms with van der Waals surface area (Å²) in [6.07, 6.45) is 0. The fraction of sp³-hybridized carbons (Fsp3) is 0.333. The Morgan fingerprint density at radius 3 is 2.81 bits per heavy atom. The van der Waals surface area contributed by atoms with Crippen molar-refractivity contribution in [2.75, 3.05) is 0 Å². The zero-order valence-electron chi connectivity index (χ0n) is 12.3. The molecular formula is C15H18ClN3O2. The summed E-state index contributed by atoms with van der Waals surface area (Å²) in [5.41, 5.74) is 2.87. The van der Waals surface area contributed by atoms with E-state index in [-0.39, 0.29) is 0 Å². The molecule has 0 aliphatic heterocycles. The summed E-state index contributed by atoms with van der Waals surface area (Å²) >= 11 is 6.26. The first-order chi connectivity index (χ1) is 10.1. The summed E-state index contributed by atoms with van der Waals surface area (Å²) in [6.45, 7) is 6.63. The van der Waals surface area contributed by atoms with Gasteiger partial charge in [0.25, 0.3) is 0 Å². The second kappa shape index (κ2) is 6.63. The topological polar surface area (TPSA) is 59.6 Å². The summed E-state index contributed by atoms with van der Waals surface area (Å²) in [7, 11) is 0. The number of hydrogen-bond acceptors (Lipinski definition) is 4. The van der Waals surface area contributed by atoms with Gasteiger partial charge in [0.1, 0.15) is 12.4 Å². The number of rotatable bonds is 5. The molecule has 0 aliphatic carbocycles. The van der Waals surface area contributed by atoms with Crippen molar-refractivity contribution in [2.45, 2.75) is 33.9 Å². The lowest BCUT2D eigenvalue weighted by molar-refractivity contribution is 0.291. The van der Waals surface area contributed by atoms with Crippen LogP contribution in [0.2, 0.25) is 5.02 Å². The van der Waals surface area contributed by atoms with E-state index in [0.717, 1.165) is 23.5 Å². The van der Waals surface area contributed by atoms with Gasteiger partial charge in [-0.3, -0.25) is 4.68 Å². The molecule has 0 saturated carbocycles. The molecule has 0 saturated heterocycles. The third-order valence-corrected chi connectivity index (χ3v) is 3.74. The van der Waals surface area contributed by atoms with Crippen LogP contribution in [0.25, 0.3) is 0 Å². The summed E-state index contributed by atoms with van der Waals surface area (Å²) in [4.78, 5) is 0. The van der Waals surface area contributed by atoms with Gasteiger partial charge in [-0.25, -0.2) is 0 Å². The molecule has 0 spiro atoms. The lowest BCUT2D eigenvalue weighted by Crippen LogP contribution is -2.08. The molecule has 0 bridgehead atoms. The largest absolute Gasteiger partial charge is 0.487 e. The highest BCUT2D eigenvalue weighted by Gasteiger charge is 2.14. The van der Waals surface area contributed by atoms with Crippen LogP contribution >= 0.6 is 11.6 Å². The van der Waals surface area contributed by atoms with Crippen LogP contribution in [0.4, 0.5) is 0 Å². The Bertz CT molecular complexity index is 665. The van der Waals surface area contributed by atoms with Gasteiger partial charge in [0.05, 0.1) is 22.1 Å². The monoisotopic (exact) mass is 307 g/mol. The fourth-order valence-corrected chi connectivity index (χ4v) is 2.29. The molecule has 112 valence electrons. The number of hydrogen-bond donors (Lipinski definition) is 1. The van der Waals surface area contributed by atoms with Crippen LogP contribution < -0.4 is 4.74 Å². The molecule has 21 heavy (non-hydrogen) atoms. The third kappa shape index (κ3) is 3.19. The van der Waals surface area contributed by atoms with Crippen molar-refractivity contribution in [3.05, 3.63) is 46.2 Å². The second-order valence-electron chi connectivity index (χ2n) is 4.63. The quantitative estimate of drug-likeness (QED) is 0.521. The van der Waals surface area contributed by atoms with E-state index in [1.165, 1.54) is 0 Å². The van der Waals surface area contributed by atoms with Crippen molar-refractivity contribution in [1.82, 2.24) is 9.78 Å². The molecule has 1 N–H and O–H groups in total. The zero-order chi connectivity index (χ0) is 15.4. The number of aromatic nitrogens is 2. The molecule has 0 aliphatic rings. The average Bonchev–Trinajstić information content (AvgIpc) is 2.79. The van der Waals surface area contributed by atoms with Crippen LogP contribution in [0.1, 0.15) is 30.8 Å². The van der Waals surface area contributed by atoms with Crippen molar-refractivity contribution >= 4 is 17.3 Å². The normalized spacial score (nSPS) is 11.7. The fourth-order valence-electron chi connectivity index (χ4n) is 2.10. The van der Waals surface area contributed by atoms with E-state index >= 15 is 0 Å². The van der Waals surface area contributed by atoms with Crippen LogP contribution in [0.3, 0.4) is 0 Å². The molecule has 1 aromatic carbocycles. The van der Waals surface area contributed by atoms with Gasteiger partial charge in [-0.15, -0.1) is 0 Å². The van der Waals surface area contributed by atoms with E-state index in [4.69, 9.17) is 21.5 Å². The molecule has 0 radical (unpaired) electrons. The summed E-state index contributed by atoms with van der Waals surface area (Å²) in [5, 5.41) is 17.1. The van der Waals surface area contributed by atoms with E-state index in [0.29, 0.717) is 23.1 Å². The van der Waals surface area contributed by atoms with Crippen LogP contribution in [-0.2, 0) is 13.2 Å². The van der Waals surface area contributed by atoms with Crippen molar-refractivity contribution in [3.8, 4) is 5.75 Å². The molecule has 2 rings (SSSR count). The van der Waals surface area contributed by atoms with Crippen LogP contribution in [-0.4, -0.2) is 20.7 Å². The highest BCUT2D eigenvalue weighted by molar-refractivity contribution is 6.31. The lowest BCUT2D eigenvalue weighted by atomic mass is 10.1. The predicted octanol–water partition coefficient (Wildman–Crippen LogP) is 3.64. The molecule has 5 nitrogen and oxygen atoms in total. The maximum atomic E-state index is 8.92. The number of ether oxygens (including phenoxy) is 1. The molecule has 0 atom stereocenters. The Labute approximate surface area is 128 Å². The van der Waals surface area contributed by atoms with E-state index < -0.39 is 0 Å². The minimum Gasteiger partial charge on any atom is -0.487 e. The van der Waals surface area contributed by atoms with Crippen molar-refractivity contribution in [1.29, 1.82) is 0 Å². The minimum absolute atomic E-state index is 0.309. The second-order valence-corrected chi connectivity index (χ2v) is 5.01. The maximum Gasteiger partial charge on any atom is 0.131 e. The van der Waals surface area contributed by atoms with Gasteiger partial charge in [0.15, 0.2) is 0 Å². The van der Waals surface area contributed by atoms with E-state index in [9.17, 15) is 0 Å². The minimum atomic E-state index is 0.309. The Hall–Kier alpha value is -2.01. The molecule has 0 amide bonds. The molecule has 1 heterocycles. The Balaban J connectivity index is 2.25. The van der Waals surface area contributed by atoms with Gasteiger partial charge < -0.3 is 9.94 Å². The van der Waals surface area contributed by atoms with Gasteiger partial charge in [0, 0.05) is 12.1 Å². The third-order valence-electron chi connectivity index (χ3n) is 3.24. The zero-order valence-corrected chi connectivity index (χ0v) is 13.1. The van der Waals surface area contributed by atoms with Crippen molar-refractivity contribution in [2.24, 2.45) is 5.16 Å². The predicted molar refractivity (Wildman–Crippen MR) is 82.4 cm³/mol. The highest BCUT2D eigenvalue weighted by atomic mass is 35.5. The summed E-state index contributed by atoms with van der Waals surface area (Å²) < 4.78 is 7.67. The number of halogens is 1.